The van der Waals surface area contributed by atoms with E-state index in [1.165, 1.54) is 12.5 Å². The molecule has 3 atom stereocenters. The maximum Gasteiger partial charge on any atom is 0.165 e. The molecule has 1 aromatic carbocycles. The summed E-state index contributed by atoms with van der Waals surface area (Å²) in [4.78, 5) is 0. The van der Waals surface area contributed by atoms with Crippen molar-refractivity contribution in [2.75, 3.05) is 6.54 Å². The molecule has 1 aliphatic rings. The van der Waals surface area contributed by atoms with Crippen LogP contribution < -0.4 is 10.5 Å². The minimum atomic E-state index is -0.291. The third-order valence-electron chi connectivity index (χ3n) is 4.57. The summed E-state index contributed by atoms with van der Waals surface area (Å²) >= 11 is 0. The molecule has 0 heterocycles. The highest BCUT2D eigenvalue weighted by molar-refractivity contribution is 5.24. The van der Waals surface area contributed by atoms with E-state index in [2.05, 4.69) is 20.8 Å². The number of nitrogens with two attached hydrogens (primary N) is 1. The van der Waals surface area contributed by atoms with E-state index in [1.807, 2.05) is 0 Å². The van der Waals surface area contributed by atoms with Gasteiger partial charge in [0.15, 0.2) is 11.6 Å². The average Bonchev–Trinajstić information content (AvgIpc) is 2.40. The summed E-state index contributed by atoms with van der Waals surface area (Å²) in [5.74, 6) is 0.988. The third kappa shape index (κ3) is 3.51. The Balaban J connectivity index is 2.12. The lowest BCUT2D eigenvalue weighted by Gasteiger charge is -2.41. The van der Waals surface area contributed by atoms with Gasteiger partial charge in [-0.05, 0) is 49.3 Å². The minimum Gasteiger partial charge on any atom is -0.487 e. The lowest BCUT2D eigenvalue weighted by Crippen LogP contribution is -2.41. The smallest absolute Gasteiger partial charge is 0.165 e. The number of rotatable bonds is 3. The van der Waals surface area contributed by atoms with Crippen LogP contribution in [0.5, 0.6) is 5.75 Å². The first-order chi connectivity index (χ1) is 9.41. The van der Waals surface area contributed by atoms with Crippen LogP contribution in [0.15, 0.2) is 24.3 Å². The first-order valence-electron chi connectivity index (χ1n) is 7.53. The molecular weight excluding hydrogens is 253 g/mol. The molecule has 0 aliphatic heterocycles. The Labute approximate surface area is 121 Å². The van der Waals surface area contributed by atoms with Crippen LogP contribution in [0.2, 0.25) is 0 Å². The number of para-hydroxylation sites is 1. The second-order valence-corrected chi connectivity index (χ2v) is 6.96. The molecule has 0 spiro atoms. The van der Waals surface area contributed by atoms with Crippen LogP contribution in [-0.2, 0) is 0 Å². The summed E-state index contributed by atoms with van der Waals surface area (Å²) in [5, 5.41) is 0. The normalized spacial score (nSPS) is 27.4. The number of halogens is 1. The summed E-state index contributed by atoms with van der Waals surface area (Å²) in [6, 6.07) is 6.63. The Hall–Kier alpha value is -1.09. The number of ether oxygens (including phenoxy) is 1. The van der Waals surface area contributed by atoms with Gasteiger partial charge < -0.3 is 10.5 Å². The third-order valence-corrected chi connectivity index (χ3v) is 4.57. The highest BCUT2D eigenvalue weighted by Crippen LogP contribution is 2.41. The van der Waals surface area contributed by atoms with Crippen molar-refractivity contribution in [2.24, 2.45) is 23.0 Å². The van der Waals surface area contributed by atoms with Gasteiger partial charge in [-0.15, -0.1) is 0 Å². The van der Waals surface area contributed by atoms with Gasteiger partial charge in [0, 0.05) is 5.92 Å². The molecule has 3 unspecified atom stereocenters. The zero-order chi connectivity index (χ0) is 14.8. The Bertz CT molecular complexity index is 441. The quantitative estimate of drug-likeness (QED) is 0.908. The standard InChI is InChI=1S/C17H26FNO/c1-17(2,3)13-9-8-12(11-19)16(10-13)20-15-7-5-4-6-14(15)18/h4-7,12-13,16H,8-11,19H2,1-3H3. The van der Waals surface area contributed by atoms with Crippen LogP contribution in [0.4, 0.5) is 4.39 Å². The van der Waals surface area contributed by atoms with Crippen molar-refractivity contribution in [1.29, 1.82) is 0 Å². The molecule has 2 rings (SSSR count). The van der Waals surface area contributed by atoms with Crippen LogP contribution in [0.3, 0.4) is 0 Å². The zero-order valence-electron chi connectivity index (χ0n) is 12.7. The molecule has 2 nitrogen and oxygen atoms in total. The van der Waals surface area contributed by atoms with E-state index in [0.29, 0.717) is 24.1 Å². The lowest BCUT2D eigenvalue weighted by atomic mass is 9.68. The van der Waals surface area contributed by atoms with Gasteiger partial charge in [-0.3, -0.25) is 0 Å². The van der Waals surface area contributed by atoms with Crippen LogP contribution >= 0.6 is 0 Å². The van der Waals surface area contributed by atoms with Crippen molar-refractivity contribution in [2.45, 2.75) is 46.1 Å². The van der Waals surface area contributed by atoms with Gasteiger partial charge in [0.1, 0.15) is 6.10 Å². The Morgan fingerprint density at radius 1 is 1.25 bits per heavy atom. The Kier molecular flexibility index (Phi) is 4.69. The maximum atomic E-state index is 13.8. The van der Waals surface area contributed by atoms with Gasteiger partial charge >= 0.3 is 0 Å². The molecule has 0 radical (unpaired) electrons. The van der Waals surface area contributed by atoms with E-state index >= 15 is 0 Å². The van der Waals surface area contributed by atoms with Gasteiger partial charge in [-0.1, -0.05) is 32.9 Å². The highest BCUT2D eigenvalue weighted by Gasteiger charge is 2.36. The van der Waals surface area contributed by atoms with Gasteiger partial charge in [0.25, 0.3) is 0 Å². The second-order valence-electron chi connectivity index (χ2n) is 6.96. The minimum absolute atomic E-state index is 0.0230. The van der Waals surface area contributed by atoms with Crippen LogP contribution in [0.1, 0.15) is 40.0 Å². The maximum absolute atomic E-state index is 13.8. The number of hydrogen-bond acceptors (Lipinski definition) is 2. The largest absolute Gasteiger partial charge is 0.487 e. The van der Waals surface area contributed by atoms with E-state index in [9.17, 15) is 4.39 Å². The van der Waals surface area contributed by atoms with E-state index < -0.39 is 0 Å². The van der Waals surface area contributed by atoms with E-state index in [1.54, 1.807) is 18.2 Å². The lowest BCUT2D eigenvalue weighted by molar-refractivity contribution is 0.0309. The fraction of sp³-hybridized carbons (Fsp3) is 0.647. The topological polar surface area (TPSA) is 35.2 Å². The highest BCUT2D eigenvalue weighted by atomic mass is 19.1. The summed E-state index contributed by atoms with van der Waals surface area (Å²) in [6.45, 7) is 7.40. The van der Waals surface area contributed by atoms with E-state index in [4.69, 9.17) is 10.5 Å². The molecule has 3 heteroatoms. The fourth-order valence-corrected chi connectivity index (χ4v) is 3.10. The van der Waals surface area contributed by atoms with E-state index in [-0.39, 0.29) is 17.3 Å². The zero-order valence-corrected chi connectivity index (χ0v) is 12.7. The molecule has 0 aromatic heterocycles. The van der Waals surface area contributed by atoms with Crippen LogP contribution in [0.25, 0.3) is 0 Å². The van der Waals surface area contributed by atoms with E-state index in [0.717, 1.165) is 12.8 Å². The molecule has 20 heavy (non-hydrogen) atoms. The second kappa shape index (κ2) is 6.13. The average molecular weight is 279 g/mol. The molecule has 112 valence electrons. The van der Waals surface area contributed by atoms with Crippen LogP contribution in [-0.4, -0.2) is 12.6 Å². The molecular formula is C17H26FNO. The van der Waals surface area contributed by atoms with Gasteiger partial charge in [0.05, 0.1) is 0 Å². The van der Waals surface area contributed by atoms with Crippen molar-refractivity contribution in [3.05, 3.63) is 30.1 Å². The van der Waals surface area contributed by atoms with Gasteiger partial charge in [0.2, 0.25) is 0 Å². The molecule has 0 amide bonds. The Morgan fingerprint density at radius 3 is 2.55 bits per heavy atom. The molecule has 0 bridgehead atoms. The van der Waals surface area contributed by atoms with Crippen molar-refractivity contribution in [3.63, 3.8) is 0 Å². The molecule has 1 saturated carbocycles. The summed E-state index contributed by atoms with van der Waals surface area (Å²) in [7, 11) is 0. The molecule has 0 saturated heterocycles. The number of benzene rings is 1. The van der Waals surface area contributed by atoms with Crippen molar-refractivity contribution in [3.8, 4) is 5.75 Å². The predicted octanol–water partition coefficient (Wildman–Crippen LogP) is 3.99. The first-order valence-corrected chi connectivity index (χ1v) is 7.53. The molecule has 1 aromatic rings. The monoisotopic (exact) mass is 279 g/mol. The van der Waals surface area contributed by atoms with Gasteiger partial charge in [-0.2, -0.15) is 0 Å². The fourth-order valence-electron chi connectivity index (χ4n) is 3.10. The molecule has 1 aliphatic carbocycles. The van der Waals surface area contributed by atoms with Crippen molar-refractivity contribution < 1.29 is 9.13 Å². The van der Waals surface area contributed by atoms with Crippen LogP contribution in [0, 0.1) is 23.1 Å². The first kappa shape index (κ1) is 15.3. The summed E-state index contributed by atoms with van der Waals surface area (Å²) in [5.41, 5.74) is 6.13. The van der Waals surface area contributed by atoms with Crippen molar-refractivity contribution >= 4 is 0 Å². The van der Waals surface area contributed by atoms with Gasteiger partial charge in [-0.25, -0.2) is 4.39 Å². The molecule has 2 N–H and O–H groups in total. The Morgan fingerprint density at radius 2 is 1.95 bits per heavy atom. The SMILES string of the molecule is CC(C)(C)C1CCC(CN)C(Oc2ccccc2F)C1. The summed E-state index contributed by atoms with van der Waals surface area (Å²) < 4.78 is 19.7. The predicted molar refractivity (Wildman–Crippen MR) is 80.2 cm³/mol. The molecule has 1 fully saturated rings. The van der Waals surface area contributed by atoms with Crippen molar-refractivity contribution in [1.82, 2.24) is 0 Å². The summed E-state index contributed by atoms with van der Waals surface area (Å²) in [6.07, 6.45) is 3.23. The number of hydrogen-bond donors (Lipinski definition) is 1.